The Labute approximate surface area is 184 Å². The van der Waals surface area contributed by atoms with E-state index in [9.17, 15) is 9.59 Å². The molecule has 0 radical (unpaired) electrons. The van der Waals surface area contributed by atoms with Gasteiger partial charge in [0, 0.05) is 49.6 Å². The van der Waals surface area contributed by atoms with Crippen LogP contribution in [0.25, 0.3) is 0 Å². The highest BCUT2D eigenvalue weighted by atomic mass is 127. The highest BCUT2D eigenvalue weighted by Crippen LogP contribution is 2.27. The molecule has 2 fully saturated rings. The Kier molecular flexibility index (Phi) is 11.4. The van der Waals surface area contributed by atoms with Gasteiger partial charge < -0.3 is 20.9 Å². The Hall–Kier alpha value is -0.710. The van der Waals surface area contributed by atoms with E-state index in [1.807, 2.05) is 30.5 Å². The number of halogens is 1. The van der Waals surface area contributed by atoms with Crippen molar-refractivity contribution in [2.45, 2.75) is 51.6 Å². The lowest BCUT2D eigenvalue weighted by molar-refractivity contribution is -0.136. The largest absolute Gasteiger partial charge is 0.354 e. The van der Waals surface area contributed by atoms with Crippen molar-refractivity contribution in [1.29, 1.82) is 0 Å². The molecule has 0 aromatic carbocycles. The van der Waals surface area contributed by atoms with Crippen LogP contribution in [0.1, 0.15) is 39.5 Å². The zero-order valence-corrected chi connectivity index (χ0v) is 19.8. The number of hydrogen-bond acceptors (Lipinski definition) is 4. The molecule has 3 N–H and O–H groups in total. The van der Waals surface area contributed by atoms with Crippen molar-refractivity contribution in [2.75, 3.05) is 38.2 Å². The summed E-state index contributed by atoms with van der Waals surface area (Å²) >= 11 is 1.93. The number of amides is 2. The van der Waals surface area contributed by atoms with Gasteiger partial charge in [-0.2, -0.15) is 11.8 Å². The molecule has 0 aromatic rings. The fraction of sp³-hybridized carbons (Fsp3) is 0.833. The lowest BCUT2D eigenvalue weighted by Crippen LogP contribution is -2.49. The summed E-state index contributed by atoms with van der Waals surface area (Å²) in [5.41, 5.74) is 0. The van der Waals surface area contributed by atoms with Crippen LogP contribution in [0, 0.1) is 5.92 Å². The van der Waals surface area contributed by atoms with Crippen LogP contribution >= 0.6 is 35.7 Å². The van der Waals surface area contributed by atoms with Crippen molar-refractivity contribution < 1.29 is 9.59 Å². The molecule has 0 aromatic heterocycles. The van der Waals surface area contributed by atoms with Crippen molar-refractivity contribution in [2.24, 2.45) is 10.9 Å². The molecule has 1 saturated carbocycles. The van der Waals surface area contributed by atoms with E-state index in [1.54, 1.807) is 7.05 Å². The summed E-state index contributed by atoms with van der Waals surface area (Å²) in [4.78, 5) is 30.6. The number of guanidine groups is 1. The third-order valence-corrected chi connectivity index (χ3v) is 5.77. The number of nitrogens with zero attached hydrogens (tertiary/aromatic N) is 2. The second-order valence-corrected chi connectivity index (χ2v) is 8.50. The number of hydrogen-bond donors (Lipinski definition) is 3. The van der Waals surface area contributed by atoms with Gasteiger partial charge >= 0.3 is 0 Å². The summed E-state index contributed by atoms with van der Waals surface area (Å²) in [6.07, 6.45) is 3.76. The first kappa shape index (κ1) is 24.3. The summed E-state index contributed by atoms with van der Waals surface area (Å²) in [6, 6.07) is 0.431. The van der Waals surface area contributed by atoms with E-state index >= 15 is 0 Å². The van der Waals surface area contributed by atoms with Gasteiger partial charge in [-0.15, -0.1) is 24.0 Å². The average Bonchev–Trinajstić information content (AvgIpc) is 2.65. The maximum atomic E-state index is 12.6. The Morgan fingerprint density at radius 2 is 1.78 bits per heavy atom. The quantitative estimate of drug-likeness (QED) is 0.296. The van der Waals surface area contributed by atoms with Crippen LogP contribution in [0.3, 0.4) is 0 Å². The Bertz CT molecular complexity index is 504. The van der Waals surface area contributed by atoms with Crippen LogP contribution in [0.4, 0.5) is 0 Å². The maximum absolute atomic E-state index is 12.6. The van der Waals surface area contributed by atoms with Crippen LogP contribution in [0.15, 0.2) is 4.99 Å². The van der Waals surface area contributed by atoms with Gasteiger partial charge in [-0.25, -0.2) is 0 Å². The number of aliphatic imine (C=N–C) groups is 1. The minimum Gasteiger partial charge on any atom is -0.354 e. The van der Waals surface area contributed by atoms with Gasteiger partial charge in [0.15, 0.2) is 5.96 Å². The number of nitrogens with one attached hydrogen (secondary N) is 3. The minimum absolute atomic E-state index is 0. The summed E-state index contributed by atoms with van der Waals surface area (Å²) in [5, 5.41) is 9.29. The van der Waals surface area contributed by atoms with E-state index < -0.39 is 0 Å². The van der Waals surface area contributed by atoms with Gasteiger partial charge in [-0.1, -0.05) is 0 Å². The van der Waals surface area contributed by atoms with E-state index in [4.69, 9.17) is 0 Å². The maximum Gasteiger partial charge on any atom is 0.239 e. The van der Waals surface area contributed by atoms with Crippen molar-refractivity contribution in [3.05, 3.63) is 0 Å². The molecule has 27 heavy (non-hydrogen) atoms. The molecule has 156 valence electrons. The van der Waals surface area contributed by atoms with E-state index in [2.05, 4.69) is 20.9 Å². The molecule has 0 spiro atoms. The molecule has 0 unspecified atom stereocenters. The molecule has 1 aliphatic carbocycles. The Balaban J connectivity index is 0.00000364. The Morgan fingerprint density at radius 3 is 2.33 bits per heavy atom. The number of carbonyl (C=O) groups is 2. The molecular weight excluding hydrogens is 477 g/mol. The molecule has 1 aliphatic heterocycles. The van der Waals surface area contributed by atoms with Crippen molar-refractivity contribution in [3.63, 3.8) is 0 Å². The second kappa shape index (κ2) is 12.7. The van der Waals surface area contributed by atoms with Gasteiger partial charge in [-0.05, 0) is 39.5 Å². The fourth-order valence-electron chi connectivity index (χ4n) is 3.45. The first-order valence-electron chi connectivity index (χ1n) is 9.62. The third kappa shape index (κ3) is 8.45. The van der Waals surface area contributed by atoms with Gasteiger partial charge in [0.2, 0.25) is 11.8 Å². The lowest BCUT2D eigenvalue weighted by Gasteiger charge is -2.34. The normalized spacial score (nSPS) is 23.4. The molecule has 1 heterocycles. The van der Waals surface area contributed by atoms with Gasteiger partial charge in [-0.3, -0.25) is 14.6 Å². The monoisotopic (exact) mass is 511 g/mol. The standard InChI is InChI=1S/C18H33N5O2S.HI/c1-13(2)21-16(24)12-20-18(19-3)22-15-6-4-14(5-7-15)17(25)23-8-10-26-11-9-23;/h13-15H,4-12H2,1-3H3,(H,21,24)(H2,19,20,22);1H. The first-order valence-corrected chi connectivity index (χ1v) is 10.8. The summed E-state index contributed by atoms with van der Waals surface area (Å²) in [6.45, 7) is 5.88. The van der Waals surface area contributed by atoms with Gasteiger partial charge in [0.05, 0.1) is 6.54 Å². The van der Waals surface area contributed by atoms with Crippen molar-refractivity contribution in [3.8, 4) is 0 Å². The molecule has 0 bridgehead atoms. The highest BCUT2D eigenvalue weighted by molar-refractivity contribution is 14.0. The van der Waals surface area contributed by atoms with Crippen LogP contribution in [0.5, 0.6) is 0 Å². The van der Waals surface area contributed by atoms with E-state index in [0.717, 1.165) is 50.3 Å². The van der Waals surface area contributed by atoms with E-state index in [0.29, 0.717) is 17.9 Å². The van der Waals surface area contributed by atoms with Gasteiger partial charge in [0.1, 0.15) is 0 Å². The zero-order valence-electron chi connectivity index (χ0n) is 16.6. The van der Waals surface area contributed by atoms with E-state index in [1.165, 1.54) is 0 Å². The van der Waals surface area contributed by atoms with Crippen molar-refractivity contribution >= 4 is 53.5 Å². The highest BCUT2D eigenvalue weighted by Gasteiger charge is 2.30. The smallest absolute Gasteiger partial charge is 0.239 e. The summed E-state index contributed by atoms with van der Waals surface area (Å²) in [7, 11) is 1.71. The summed E-state index contributed by atoms with van der Waals surface area (Å²) < 4.78 is 0. The van der Waals surface area contributed by atoms with Gasteiger partial charge in [0.25, 0.3) is 0 Å². The molecule has 9 heteroatoms. The molecule has 1 saturated heterocycles. The minimum atomic E-state index is -0.0445. The number of carbonyl (C=O) groups excluding carboxylic acids is 2. The molecule has 7 nitrogen and oxygen atoms in total. The number of thioether (sulfide) groups is 1. The predicted molar refractivity (Wildman–Crippen MR) is 123 cm³/mol. The molecule has 0 atom stereocenters. The average molecular weight is 511 g/mol. The molecular formula is C18H34IN5O2S. The van der Waals surface area contributed by atoms with Crippen LogP contribution < -0.4 is 16.0 Å². The topological polar surface area (TPSA) is 85.8 Å². The molecule has 2 rings (SSSR count). The van der Waals surface area contributed by atoms with Crippen LogP contribution in [0.2, 0.25) is 0 Å². The first-order chi connectivity index (χ1) is 12.5. The van der Waals surface area contributed by atoms with Crippen LogP contribution in [-0.2, 0) is 9.59 Å². The SMILES string of the molecule is CN=C(NCC(=O)NC(C)C)NC1CCC(C(=O)N2CCSCC2)CC1.I. The Morgan fingerprint density at radius 1 is 1.15 bits per heavy atom. The van der Waals surface area contributed by atoms with Crippen LogP contribution in [-0.4, -0.2) is 72.9 Å². The lowest BCUT2D eigenvalue weighted by atomic mass is 9.85. The second-order valence-electron chi connectivity index (χ2n) is 7.28. The summed E-state index contributed by atoms with van der Waals surface area (Å²) in [5.74, 6) is 3.24. The molecule has 2 aliphatic rings. The zero-order chi connectivity index (χ0) is 18.9. The van der Waals surface area contributed by atoms with E-state index in [-0.39, 0.29) is 48.4 Å². The predicted octanol–water partition coefficient (Wildman–Crippen LogP) is 1.43. The number of rotatable bonds is 5. The van der Waals surface area contributed by atoms with Crippen molar-refractivity contribution in [1.82, 2.24) is 20.9 Å². The third-order valence-electron chi connectivity index (χ3n) is 4.83. The fourth-order valence-corrected chi connectivity index (χ4v) is 4.35. The molecule has 2 amide bonds.